The molecular weight excluding hydrogens is 422 g/mol. The lowest BCUT2D eigenvalue weighted by molar-refractivity contribution is -0.123. The number of nitrogens with one attached hydrogen (secondary N) is 3. The highest BCUT2D eigenvalue weighted by molar-refractivity contribution is 5.97. The number of hydrogen-bond acceptors (Lipinski definition) is 5. The highest BCUT2D eigenvalue weighted by atomic mass is 19.4. The van der Waals surface area contributed by atoms with Crippen molar-refractivity contribution in [2.75, 3.05) is 37.9 Å². The van der Waals surface area contributed by atoms with E-state index in [-0.39, 0.29) is 23.4 Å². The highest BCUT2D eigenvalue weighted by Gasteiger charge is 2.28. The predicted octanol–water partition coefficient (Wildman–Crippen LogP) is 3.49. The first-order valence-corrected chi connectivity index (χ1v) is 8.95. The number of alkyl halides is 3. The molecule has 0 unspecified atom stereocenters. The molecule has 0 aromatic heterocycles. The zero-order valence-corrected chi connectivity index (χ0v) is 16.9. The van der Waals surface area contributed by atoms with Gasteiger partial charge in [0.1, 0.15) is 23.9 Å². The van der Waals surface area contributed by atoms with Crippen molar-refractivity contribution in [3.8, 4) is 11.5 Å². The summed E-state index contributed by atoms with van der Waals surface area (Å²) in [6.45, 7) is -0.457. The van der Waals surface area contributed by atoms with Crippen molar-refractivity contribution in [2.24, 2.45) is 0 Å². The van der Waals surface area contributed by atoms with Gasteiger partial charge in [-0.3, -0.25) is 9.59 Å². The SMILES string of the molecule is COc1ccc(OC)c(NC(=O)CNc2cc(C(=O)NCC(F)(F)F)cc(F)c2C)c1. The molecule has 0 atom stereocenters. The van der Waals surface area contributed by atoms with Crippen molar-refractivity contribution < 1.29 is 36.6 Å². The number of hydrogen-bond donors (Lipinski definition) is 3. The van der Waals surface area contributed by atoms with E-state index in [0.717, 1.165) is 6.07 Å². The summed E-state index contributed by atoms with van der Waals surface area (Å²) in [5.74, 6) is -1.54. The molecular formula is C20H21F4N3O4. The van der Waals surface area contributed by atoms with Crippen LogP contribution in [-0.4, -0.2) is 45.3 Å². The lowest BCUT2D eigenvalue weighted by Crippen LogP contribution is -2.33. The molecule has 7 nitrogen and oxygen atoms in total. The zero-order valence-electron chi connectivity index (χ0n) is 16.9. The predicted molar refractivity (Wildman–Crippen MR) is 106 cm³/mol. The van der Waals surface area contributed by atoms with E-state index in [1.165, 1.54) is 27.2 Å². The van der Waals surface area contributed by atoms with Crippen molar-refractivity contribution in [1.82, 2.24) is 5.32 Å². The normalized spacial score (nSPS) is 10.9. The van der Waals surface area contributed by atoms with Gasteiger partial charge in [0.2, 0.25) is 5.91 Å². The van der Waals surface area contributed by atoms with Gasteiger partial charge in [-0.2, -0.15) is 13.2 Å². The molecule has 2 aromatic rings. The van der Waals surface area contributed by atoms with Crippen LogP contribution in [0.3, 0.4) is 0 Å². The minimum Gasteiger partial charge on any atom is -0.497 e. The number of ether oxygens (including phenoxy) is 2. The quantitative estimate of drug-likeness (QED) is 0.544. The minimum absolute atomic E-state index is 0.0879. The van der Waals surface area contributed by atoms with Crippen LogP contribution < -0.4 is 25.4 Å². The van der Waals surface area contributed by atoms with E-state index in [1.807, 2.05) is 0 Å². The van der Waals surface area contributed by atoms with Crippen molar-refractivity contribution in [3.05, 3.63) is 47.3 Å². The standard InChI is InChI=1S/C20H21F4N3O4/c1-11-14(21)6-12(19(29)26-10-20(22,23)24)7-15(11)25-9-18(28)27-16-8-13(30-2)4-5-17(16)31-3/h4-8,25H,9-10H2,1-3H3,(H,26,29)(H,27,28). The first kappa shape index (κ1) is 23.8. The minimum atomic E-state index is -4.60. The lowest BCUT2D eigenvalue weighted by atomic mass is 10.1. The Morgan fingerprint density at radius 2 is 1.74 bits per heavy atom. The Kier molecular flexibility index (Phi) is 7.67. The van der Waals surface area contributed by atoms with Gasteiger partial charge in [0.05, 0.1) is 26.5 Å². The van der Waals surface area contributed by atoms with Crippen LogP contribution in [-0.2, 0) is 4.79 Å². The molecule has 0 spiro atoms. The topological polar surface area (TPSA) is 88.7 Å². The Morgan fingerprint density at radius 3 is 2.35 bits per heavy atom. The summed E-state index contributed by atoms with van der Waals surface area (Å²) < 4.78 is 61.3. The van der Waals surface area contributed by atoms with E-state index < -0.39 is 30.4 Å². The number of carbonyl (C=O) groups is 2. The molecule has 31 heavy (non-hydrogen) atoms. The fourth-order valence-electron chi connectivity index (χ4n) is 2.56. The van der Waals surface area contributed by atoms with Crippen LogP contribution in [0.25, 0.3) is 0 Å². The Hall–Kier alpha value is -3.50. The average Bonchev–Trinajstić information content (AvgIpc) is 2.72. The van der Waals surface area contributed by atoms with E-state index in [0.29, 0.717) is 17.2 Å². The summed E-state index contributed by atoms with van der Waals surface area (Å²) in [5, 5.41) is 6.96. The molecule has 3 N–H and O–H groups in total. The van der Waals surface area contributed by atoms with E-state index in [2.05, 4.69) is 10.6 Å². The number of amides is 2. The third-order valence-corrected chi connectivity index (χ3v) is 4.18. The molecule has 0 saturated carbocycles. The number of methoxy groups -OCH3 is 2. The zero-order chi connectivity index (χ0) is 23.2. The first-order chi connectivity index (χ1) is 14.5. The molecule has 0 fully saturated rings. The Balaban J connectivity index is 2.10. The van der Waals surface area contributed by atoms with Crippen molar-refractivity contribution in [1.29, 1.82) is 0 Å². The van der Waals surface area contributed by atoms with Crippen LogP contribution >= 0.6 is 0 Å². The van der Waals surface area contributed by atoms with Gasteiger partial charge in [-0.1, -0.05) is 0 Å². The molecule has 2 aromatic carbocycles. The summed E-state index contributed by atoms with van der Waals surface area (Å²) in [5.41, 5.74) is 0.214. The van der Waals surface area contributed by atoms with Gasteiger partial charge in [-0.05, 0) is 31.2 Å². The third-order valence-electron chi connectivity index (χ3n) is 4.18. The van der Waals surface area contributed by atoms with Crippen molar-refractivity contribution in [3.63, 3.8) is 0 Å². The van der Waals surface area contributed by atoms with E-state index >= 15 is 0 Å². The summed E-state index contributed by atoms with van der Waals surface area (Å²) in [4.78, 5) is 24.2. The van der Waals surface area contributed by atoms with Gasteiger partial charge in [0.15, 0.2) is 0 Å². The molecule has 0 heterocycles. The van der Waals surface area contributed by atoms with Gasteiger partial charge in [0, 0.05) is 22.9 Å². The van der Waals surface area contributed by atoms with Gasteiger partial charge >= 0.3 is 6.18 Å². The number of benzene rings is 2. The first-order valence-electron chi connectivity index (χ1n) is 8.95. The van der Waals surface area contributed by atoms with E-state index in [4.69, 9.17) is 9.47 Å². The second kappa shape index (κ2) is 10.0. The number of carbonyl (C=O) groups excluding carboxylic acids is 2. The van der Waals surface area contributed by atoms with Crippen LogP contribution in [0.15, 0.2) is 30.3 Å². The maximum absolute atomic E-state index is 14.2. The summed E-state index contributed by atoms with van der Waals surface area (Å²) in [6, 6.07) is 6.79. The number of rotatable bonds is 8. The van der Waals surface area contributed by atoms with Gasteiger partial charge in [0.25, 0.3) is 5.91 Å². The van der Waals surface area contributed by atoms with Crippen molar-refractivity contribution >= 4 is 23.2 Å². The van der Waals surface area contributed by atoms with E-state index in [1.54, 1.807) is 23.5 Å². The fraction of sp³-hybridized carbons (Fsp3) is 0.300. The van der Waals surface area contributed by atoms with Crippen molar-refractivity contribution in [2.45, 2.75) is 13.1 Å². The maximum atomic E-state index is 14.2. The molecule has 0 saturated heterocycles. The lowest BCUT2D eigenvalue weighted by Gasteiger charge is -2.15. The summed E-state index contributed by atoms with van der Waals surface area (Å²) >= 11 is 0. The van der Waals surface area contributed by atoms with Gasteiger partial charge in [-0.15, -0.1) is 0 Å². The Bertz CT molecular complexity index is 964. The van der Waals surface area contributed by atoms with Gasteiger partial charge < -0.3 is 25.4 Å². The second-order valence-corrected chi connectivity index (χ2v) is 6.40. The van der Waals surface area contributed by atoms with E-state index in [9.17, 15) is 27.2 Å². The van der Waals surface area contributed by atoms with Crippen LogP contribution in [0.2, 0.25) is 0 Å². The Morgan fingerprint density at radius 1 is 1.03 bits per heavy atom. The second-order valence-electron chi connectivity index (χ2n) is 6.40. The summed E-state index contributed by atoms with van der Waals surface area (Å²) in [6.07, 6.45) is -4.60. The van der Waals surface area contributed by atoms with Crippen LogP contribution in [0.4, 0.5) is 28.9 Å². The van der Waals surface area contributed by atoms with Crippen LogP contribution in [0, 0.1) is 12.7 Å². The molecule has 0 aliphatic rings. The monoisotopic (exact) mass is 443 g/mol. The highest BCUT2D eigenvalue weighted by Crippen LogP contribution is 2.29. The molecule has 0 bridgehead atoms. The molecule has 0 aliphatic heterocycles. The average molecular weight is 443 g/mol. The molecule has 2 amide bonds. The molecule has 2 rings (SSSR count). The molecule has 0 aliphatic carbocycles. The smallest absolute Gasteiger partial charge is 0.405 e. The Labute approximate surface area is 175 Å². The fourth-order valence-corrected chi connectivity index (χ4v) is 2.56. The molecule has 0 radical (unpaired) electrons. The maximum Gasteiger partial charge on any atom is 0.405 e. The molecule has 168 valence electrons. The molecule has 11 heteroatoms. The summed E-state index contributed by atoms with van der Waals surface area (Å²) in [7, 11) is 2.89. The van der Waals surface area contributed by atoms with Crippen LogP contribution in [0.1, 0.15) is 15.9 Å². The third kappa shape index (κ3) is 6.76. The number of halogens is 4. The van der Waals surface area contributed by atoms with Gasteiger partial charge in [-0.25, -0.2) is 4.39 Å². The van der Waals surface area contributed by atoms with Crippen LogP contribution in [0.5, 0.6) is 11.5 Å². The largest absolute Gasteiger partial charge is 0.497 e. The number of anilines is 2.